The smallest absolute Gasteiger partial charge is 0.407 e. The highest BCUT2D eigenvalue weighted by atomic mass is 16.7. The van der Waals surface area contributed by atoms with Crippen LogP contribution in [0.25, 0.3) is 0 Å². The van der Waals surface area contributed by atoms with Gasteiger partial charge in [0, 0.05) is 24.4 Å². The summed E-state index contributed by atoms with van der Waals surface area (Å²) < 4.78 is 28.3. The Kier molecular flexibility index (Phi) is 6.30. The SMILES string of the molecule is COC(=O)c1cc(OC)c2c(c1C)OC(C)([C@H]1CC[C@H](NC(=O)OC(C)(C)C)CC1)O2. The average Bonchev–Trinajstić information content (AvgIpc) is 3.06. The van der Waals surface area contributed by atoms with Gasteiger partial charge < -0.3 is 29.0 Å². The molecule has 1 aromatic rings. The lowest BCUT2D eigenvalue weighted by Gasteiger charge is -2.37. The van der Waals surface area contributed by atoms with E-state index < -0.39 is 23.5 Å². The molecule has 1 unspecified atom stereocenters. The van der Waals surface area contributed by atoms with Crippen LogP contribution in [-0.2, 0) is 9.47 Å². The summed E-state index contributed by atoms with van der Waals surface area (Å²) in [6.45, 7) is 9.26. The molecule has 8 nitrogen and oxygen atoms in total. The minimum absolute atomic E-state index is 0.0562. The number of methoxy groups -OCH3 is 2. The molecule has 1 aromatic carbocycles. The van der Waals surface area contributed by atoms with Gasteiger partial charge in [-0.05, 0) is 59.4 Å². The second kappa shape index (κ2) is 8.48. The topological polar surface area (TPSA) is 92.3 Å². The molecular formula is C23H33NO7. The van der Waals surface area contributed by atoms with Crippen LogP contribution in [0.1, 0.15) is 69.3 Å². The summed E-state index contributed by atoms with van der Waals surface area (Å²) in [5.41, 5.74) is 0.523. The minimum Gasteiger partial charge on any atom is -0.493 e. The molecule has 1 N–H and O–H groups in total. The number of rotatable bonds is 4. The van der Waals surface area contributed by atoms with Gasteiger partial charge in [-0.15, -0.1) is 0 Å². The van der Waals surface area contributed by atoms with Gasteiger partial charge in [0.05, 0.1) is 19.8 Å². The molecule has 1 aliphatic heterocycles. The van der Waals surface area contributed by atoms with Crippen LogP contribution >= 0.6 is 0 Å². The molecule has 1 saturated carbocycles. The second-order valence-corrected chi connectivity index (χ2v) is 9.32. The Morgan fingerprint density at radius 2 is 1.71 bits per heavy atom. The van der Waals surface area contributed by atoms with Gasteiger partial charge in [-0.2, -0.15) is 0 Å². The fraction of sp³-hybridized carbons (Fsp3) is 0.652. The molecule has 1 heterocycles. The standard InChI is InChI=1S/C23H33NO7/c1-13-16(20(25)28-7)12-17(27-6)19-18(13)29-23(5,30-19)14-8-10-15(11-9-14)24-21(26)31-22(2,3)4/h12,14-15H,8-11H2,1-7H3,(H,24,26)/t14-,15-,23?. The Morgan fingerprint density at radius 3 is 2.26 bits per heavy atom. The first-order valence-corrected chi connectivity index (χ1v) is 10.6. The number of hydrogen-bond donors (Lipinski definition) is 1. The number of ether oxygens (including phenoxy) is 5. The van der Waals surface area contributed by atoms with Gasteiger partial charge in [-0.25, -0.2) is 9.59 Å². The van der Waals surface area contributed by atoms with Crippen molar-refractivity contribution in [3.63, 3.8) is 0 Å². The Labute approximate surface area is 183 Å². The molecule has 8 heteroatoms. The van der Waals surface area contributed by atoms with Crippen LogP contribution in [0.5, 0.6) is 17.2 Å². The Balaban J connectivity index is 1.70. The number of carbonyl (C=O) groups excluding carboxylic acids is 2. The monoisotopic (exact) mass is 435 g/mol. The second-order valence-electron chi connectivity index (χ2n) is 9.32. The van der Waals surface area contributed by atoms with Crippen LogP contribution in [0.2, 0.25) is 0 Å². The quantitative estimate of drug-likeness (QED) is 0.703. The molecule has 0 aromatic heterocycles. The van der Waals surface area contributed by atoms with Crippen molar-refractivity contribution in [3.8, 4) is 17.2 Å². The van der Waals surface area contributed by atoms with Gasteiger partial charge in [0.15, 0.2) is 11.5 Å². The van der Waals surface area contributed by atoms with E-state index >= 15 is 0 Å². The lowest BCUT2D eigenvalue weighted by atomic mass is 9.81. The maximum absolute atomic E-state index is 12.2. The molecule has 0 bridgehead atoms. The van der Waals surface area contributed by atoms with Crippen molar-refractivity contribution in [1.82, 2.24) is 5.32 Å². The molecule has 2 aliphatic rings. The fourth-order valence-electron chi connectivity index (χ4n) is 4.23. The summed E-state index contributed by atoms with van der Waals surface area (Å²) in [5, 5.41) is 2.96. The first-order valence-electron chi connectivity index (χ1n) is 10.6. The molecule has 0 spiro atoms. The third-order valence-electron chi connectivity index (χ3n) is 5.87. The van der Waals surface area contributed by atoms with E-state index in [1.54, 1.807) is 13.0 Å². The number of benzene rings is 1. The molecule has 31 heavy (non-hydrogen) atoms. The van der Waals surface area contributed by atoms with E-state index in [4.69, 9.17) is 23.7 Å². The highest BCUT2D eigenvalue weighted by molar-refractivity contribution is 5.93. The summed E-state index contributed by atoms with van der Waals surface area (Å²) in [6, 6.07) is 1.68. The molecule has 1 aliphatic carbocycles. The zero-order valence-electron chi connectivity index (χ0n) is 19.4. The lowest BCUT2D eigenvalue weighted by Crippen LogP contribution is -2.48. The summed E-state index contributed by atoms with van der Waals surface area (Å²) in [4.78, 5) is 24.2. The molecule has 1 amide bonds. The van der Waals surface area contributed by atoms with E-state index in [0.717, 1.165) is 25.7 Å². The van der Waals surface area contributed by atoms with Crippen LogP contribution in [-0.4, -0.2) is 43.7 Å². The maximum Gasteiger partial charge on any atom is 0.407 e. The van der Waals surface area contributed by atoms with Gasteiger partial charge in [0.2, 0.25) is 5.75 Å². The van der Waals surface area contributed by atoms with Crippen LogP contribution < -0.4 is 19.5 Å². The lowest BCUT2D eigenvalue weighted by molar-refractivity contribution is -0.121. The molecule has 0 radical (unpaired) electrons. The maximum atomic E-state index is 12.2. The highest BCUT2D eigenvalue weighted by Gasteiger charge is 2.48. The molecule has 172 valence electrons. The number of alkyl carbamates (subject to hydrolysis) is 1. The summed E-state index contributed by atoms with van der Waals surface area (Å²) in [5.74, 6) is 0.226. The third-order valence-corrected chi connectivity index (χ3v) is 5.87. The number of amides is 1. The Bertz CT molecular complexity index is 852. The van der Waals surface area contributed by atoms with Gasteiger partial charge in [-0.1, -0.05) is 0 Å². The zero-order chi connectivity index (χ0) is 23.0. The molecule has 1 atom stereocenters. The summed E-state index contributed by atoms with van der Waals surface area (Å²) >= 11 is 0. The molecular weight excluding hydrogens is 402 g/mol. The van der Waals surface area contributed by atoms with E-state index in [9.17, 15) is 9.59 Å². The number of hydrogen-bond acceptors (Lipinski definition) is 7. The summed E-state index contributed by atoms with van der Waals surface area (Å²) in [6.07, 6.45) is 2.84. The normalized spacial score (nSPS) is 25.0. The first kappa shape index (κ1) is 23.0. The van der Waals surface area contributed by atoms with E-state index in [2.05, 4.69) is 5.32 Å². The van der Waals surface area contributed by atoms with Crippen molar-refractivity contribution < 1.29 is 33.3 Å². The molecule has 0 saturated heterocycles. The van der Waals surface area contributed by atoms with Crippen LogP contribution in [0, 0.1) is 12.8 Å². The fourth-order valence-corrected chi connectivity index (χ4v) is 4.23. The molecule has 3 rings (SSSR count). The third kappa shape index (κ3) is 4.83. The van der Waals surface area contributed by atoms with E-state index in [-0.39, 0.29) is 12.0 Å². The first-order chi connectivity index (χ1) is 14.5. The van der Waals surface area contributed by atoms with Crippen molar-refractivity contribution in [1.29, 1.82) is 0 Å². The summed E-state index contributed by atoms with van der Waals surface area (Å²) in [7, 11) is 2.87. The number of esters is 1. The minimum atomic E-state index is -0.883. The average molecular weight is 436 g/mol. The van der Waals surface area contributed by atoms with Crippen molar-refractivity contribution in [2.45, 2.75) is 77.7 Å². The van der Waals surface area contributed by atoms with Crippen molar-refractivity contribution in [2.75, 3.05) is 14.2 Å². The van der Waals surface area contributed by atoms with Gasteiger partial charge >= 0.3 is 12.1 Å². The van der Waals surface area contributed by atoms with Crippen molar-refractivity contribution >= 4 is 12.1 Å². The number of carbonyl (C=O) groups is 2. The van der Waals surface area contributed by atoms with E-state index in [0.29, 0.717) is 28.4 Å². The number of nitrogens with one attached hydrogen (secondary N) is 1. The van der Waals surface area contributed by atoms with Crippen LogP contribution in [0.4, 0.5) is 4.79 Å². The van der Waals surface area contributed by atoms with Crippen LogP contribution in [0.3, 0.4) is 0 Å². The Hall–Kier alpha value is -2.64. The zero-order valence-corrected chi connectivity index (χ0v) is 19.4. The van der Waals surface area contributed by atoms with Crippen LogP contribution in [0.15, 0.2) is 6.07 Å². The van der Waals surface area contributed by atoms with Crippen molar-refractivity contribution in [3.05, 3.63) is 17.2 Å². The molecule has 1 fully saturated rings. The van der Waals surface area contributed by atoms with Gasteiger partial charge in [-0.3, -0.25) is 0 Å². The Morgan fingerprint density at radius 1 is 1.10 bits per heavy atom. The highest BCUT2D eigenvalue weighted by Crippen LogP contribution is 2.52. The van der Waals surface area contributed by atoms with Gasteiger partial charge in [0.1, 0.15) is 5.60 Å². The number of fused-ring (bicyclic) bond motifs is 1. The van der Waals surface area contributed by atoms with Crippen molar-refractivity contribution in [2.24, 2.45) is 5.92 Å². The predicted octanol–water partition coefficient (Wildman–Crippen LogP) is 4.36. The van der Waals surface area contributed by atoms with Gasteiger partial charge in [0.25, 0.3) is 5.79 Å². The van der Waals surface area contributed by atoms with E-state index in [1.165, 1.54) is 14.2 Å². The largest absolute Gasteiger partial charge is 0.493 e. The predicted molar refractivity (Wildman–Crippen MR) is 114 cm³/mol. The van der Waals surface area contributed by atoms with E-state index in [1.807, 2.05) is 27.7 Å².